The lowest BCUT2D eigenvalue weighted by atomic mass is 10.3. The molecule has 1 heterocycles. The van der Waals surface area contributed by atoms with Crippen molar-refractivity contribution in [1.29, 1.82) is 0 Å². The highest BCUT2D eigenvalue weighted by atomic mass is 15.2. The second-order valence-electron chi connectivity index (χ2n) is 2.76. The van der Waals surface area contributed by atoms with E-state index in [1.165, 1.54) is 5.84 Å². The third kappa shape index (κ3) is 2.50. The molecular formula is C8H17N3. The molecule has 1 saturated heterocycles. The minimum Gasteiger partial charge on any atom is -0.358 e. The highest BCUT2D eigenvalue weighted by molar-refractivity contribution is 5.79. The predicted molar refractivity (Wildman–Crippen MR) is 48.1 cm³/mol. The maximum absolute atomic E-state index is 4.36. The molecule has 64 valence electrons. The fourth-order valence-electron chi connectivity index (χ4n) is 1.32. The van der Waals surface area contributed by atoms with Gasteiger partial charge in [-0.25, -0.2) is 0 Å². The van der Waals surface area contributed by atoms with E-state index in [4.69, 9.17) is 0 Å². The molecule has 11 heavy (non-hydrogen) atoms. The molecule has 0 aromatic carbocycles. The van der Waals surface area contributed by atoms with Crippen LogP contribution in [0.2, 0.25) is 0 Å². The van der Waals surface area contributed by atoms with E-state index in [-0.39, 0.29) is 0 Å². The summed E-state index contributed by atoms with van der Waals surface area (Å²) < 4.78 is 0. The van der Waals surface area contributed by atoms with Crippen molar-refractivity contribution in [2.75, 3.05) is 32.7 Å². The van der Waals surface area contributed by atoms with Crippen molar-refractivity contribution in [1.82, 2.24) is 10.2 Å². The Morgan fingerprint density at radius 1 is 1.45 bits per heavy atom. The van der Waals surface area contributed by atoms with Crippen LogP contribution in [0.4, 0.5) is 0 Å². The molecule has 1 fully saturated rings. The van der Waals surface area contributed by atoms with Crippen molar-refractivity contribution < 1.29 is 0 Å². The van der Waals surface area contributed by atoms with Gasteiger partial charge in [-0.05, 0) is 13.8 Å². The van der Waals surface area contributed by atoms with Gasteiger partial charge in [-0.3, -0.25) is 4.99 Å². The van der Waals surface area contributed by atoms with Crippen LogP contribution in [-0.4, -0.2) is 43.5 Å². The van der Waals surface area contributed by atoms with Gasteiger partial charge in [0.25, 0.3) is 0 Å². The fraction of sp³-hybridized carbons (Fsp3) is 0.875. The molecule has 3 nitrogen and oxygen atoms in total. The van der Waals surface area contributed by atoms with Crippen LogP contribution in [-0.2, 0) is 0 Å². The van der Waals surface area contributed by atoms with Gasteiger partial charge in [0.15, 0.2) is 0 Å². The average Bonchev–Trinajstić information content (AvgIpc) is 2.07. The lowest BCUT2D eigenvalue weighted by molar-refractivity contribution is 0.355. The Balaban J connectivity index is 2.38. The number of rotatable bonds is 1. The molecule has 1 aliphatic heterocycles. The number of nitrogens with one attached hydrogen (secondary N) is 1. The normalized spacial score (nSPS) is 20.5. The molecule has 0 bridgehead atoms. The summed E-state index contributed by atoms with van der Waals surface area (Å²) in [6.07, 6.45) is 0. The summed E-state index contributed by atoms with van der Waals surface area (Å²) in [5.74, 6) is 1.19. The first kappa shape index (κ1) is 8.53. The lowest BCUT2D eigenvalue weighted by Gasteiger charge is -2.28. The molecule has 1 aliphatic rings. The van der Waals surface area contributed by atoms with Crippen molar-refractivity contribution in [3.05, 3.63) is 0 Å². The van der Waals surface area contributed by atoms with Crippen LogP contribution in [0.25, 0.3) is 0 Å². The molecule has 0 aliphatic carbocycles. The molecule has 1 rings (SSSR count). The zero-order chi connectivity index (χ0) is 8.10. The van der Waals surface area contributed by atoms with E-state index in [9.17, 15) is 0 Å². The van der Waals surface area contributed by atoms with Crippen LogP contribution < -0.4 is 5.32 Å². The number of hydrogen-bond donors (Lipinski definition) is 1. The number of aliphatic imine (C=N–C) groups is 1. The van der Waals surface area contributed by atoms with Crippen LogP contribution in [0.5, 0.6) is 0 Å². The van der Waals surface area contributed by atoms with E-state index in [2.05, 4.69) is 29.1 Å². The fourth-order valence-corrected chi connectivity index (χ4v) is 1.32. The minimum absolute atomic E-state index is 0.899. The molecule has 3 heteroatoms. The summed E-state index contributed by atoms with van der Waals surface area (Å²) in [5.41, 5.74) is 0. The molecule has 0 aromatic rings. The maximum atomic E-state index is 4.36. The summed E-state index contributed by atoms with van der Waals surface area (Å²) in [6.45, 7) is 9.47. The summed E-state index contributed by atoms with van der Waals surface area (Å²) in [5, 5.41) is 3.32. The van der Waals surface area contributed by atoms with Gasteiger partial charge in [0.05, 0.1) is 5.84 Å². The second kappa shape index (κ2) is 4.34. The molecule has 0 unspecified atom stereocenters. The Hall–Kier alpha value is -0.570. The first-order valence-electron chi connectivity index (χ1n) is 4.31. The van der Waals surface area contributed by atoms with Gasteiger partial charge in [-0.2, -0.15) is 0 Å². The van der Waals surface area contributed by atoms with Gasteiger partial charge in [-0.1, -0.05) is 0 Å². The topological polar surface area (TPSA) is 27.6 Å². The van der Waals surface area contributed by atoms with Crippen molar-refractivity contribution in [3.63, 3.8) is 0 Å². The number of amidine groups is 1. The number of piperazine rings is 1. The third-order valence-corrected chi connectivity index (χ3v) is 1.96. The van der Waals surface area contributed by atoms with Crippen molar-refractivity contribution in [2.45, 2.75) is 13.8 Å². The highest BCUT2D eigenvalue weighted by Gasteiger charge is 2.09. The van der Waals surface area contributed by atoms with Crippen LogP contribution >= 0.6 is 0 Å². The first-order chi connectivity index (χ1) is 5.34. The van der Waals surface area contributed by atoms with Crippen LogP contribution in [0.15, 0.2) is 4.99 Å². The van der Waals surface area contributed by atoms with Gasteiger partial charge in [0.2, 0.25) is 0 Å². The Morgan fingerprint density at radius 2 is 2.09 bits per heavy atom. The quantitative estimate of drug-likeness (QED) is 0.436. The van der Waals surface area contributed by atoms with Crippen molar-refractivity contribution in [2.24, 2.45) is 4.99 Å². The third-order valence-electron chi connectivity index (χ3n) is 1.96. The zero-order valence-corrected chi connectivity index (χ0v) is 7.43. The zero-order valence-electron chi connectivity index (χ0n) is 7.43. The Kier molecular flexibility index (Phi) is 3.36. The number of hydrogen-bond acceptors (Lipinski definition) is 2. The summed E-state index contributed by atoms with van der Waals surface area (Å²) >= 11 is 0. The van der Waals surface area contributed by atoms with Gasteiger partial charge in [-0.15, -0.1) is 0 Å². The van der Waals surface area contributed by atoms with Gasteiger partial charge >= 0.3 is 0 Å². The van der Waals surface area contributed by atoms with Crippen LogP contribution in [0.3, 0.4) is 0 Å². The van der Waals surface area contributed by atoms with Crippen LogP contribution in [0, 0.1) is 0 Å². The van der Waals surface area contributed by atoms with Crippen molar-refractivity contribution in [3.8, 4) is 0 Å². The lowest BCUT2D eigenvalue weighted by Crippen LogP contribution is -2.45. The maximum Gasteiger partial charge on any atom is 0.0958 e. The summed E-state index contributed by atoms with van der Waals surface area (Å²) in [4.78, 5) is 6.70. The molecule has 0 radical (unpaired) electrons. The predicted octanol–water partition coefficient (Wildman–Crippen LogP) is 0.330. The Labute approximate surface area is 68.5 Å². The standard InChI is InChI=1S/C8H17N3/c1-3-10-8(2)11-6-4-9-5-7-11/h9H,3-7H2,1-2H3/b10-8+. The molecule has 1 N–H and O–H groups in total. The summed E-state index contributed by atoms with van der Waals surface area (Å²) in [6, 6.07) is 0. The largest absolute Gasteiger partial charge is 0.358 e. The first-order valence-corrected chi connectivity index (χ1v) is 4.31. The Morgan fingerprint density at radius 3 is 2.64 bits per heavy atom. The smallest absolute Gasteiger partial charge is 0.0958 e. The molecule has 0 spiro atoms. The Bertz CT molecular complexity index is 136. The van der Waals surface area contributed by atoms with E-state index in [0.29, 0.717) is 0 Å². The molecule has 0 amide bonds. The summed E-state index contributed by atoms with van der Waals surface area (Å²) in [7, 11) is 0. The monoisotopic (exact) mass is 155 g/mol. The molecule has 0 saturated carbocycles. The average molecular weight is 155 g/mol. The highest BCUT2D eigenvalue weighted by Crippen LogP contribution is 1.94. The van der Waals surface area contributed by atoms with Gasteiger partial charge in [0.1, 0.15) is 0 Å². The molecule has 0 aromatic heterocycles. The van der Waals surface area contributed by atoms with E-state index in [0.717, 1.165) is 32.7 Å². The van der Waals surface area contributed by atoms with E-state index in [1.807, 2.05) is 0 Å². The molecular weight excluding hydrogens is 138 g/mol. The second-order valence-corrected chi connectivity index (χ2v) is 2.76. The minimum atomic E-state index is 0.899. The SMILES string of the molecule is CC/N=C(\C)N1CCNCC1. The molecule has 0 atom stereocenters. The van der Waals surface area contributed by atoms with Crippen LogP contribution in [0.1, 0.15) is 13.8 Å². The number of nitrogens with zero attached hydrogens (tertiary/aromatic N) is 2. The van der Waals surface area contributed by atoms with Gasteiger partial charge < -0.3 is 10.2 Å². The van der Waals surface area contributed by atoms with E-state index in [1.54, 1.807) is 0 Å². The van der Waals surface area contributed by atoms with E-state index < -0.39 is 0 Å². The van der Waals surface area contributed by atoms with Crippen molar-refractivity contribution >= 4 is 5.84 Å². The van der Waals surface area contributed by atoms with Gasteiger partial charge in [0, 0.05) is 32.7 Å². The van der Waals surface area contributed by atoms with E-state index >= 15 is 0 Å².